The first-order valence-corrected chi connectivity index (χ1v) is 12.9. The summed E-state index contributed by atoms with van der Waals surface area (Å²) in [4.78, 5) is 43.7. The van der Waals surface area contributed by atoms with E-state index in [2.05, 4.69) is 4.99 Å². The molecule has 4 aromatic rings. The second-order valence-electron chi connectivity index (χ2n) is 8.59. The van der Waals surface area contributed by atoms with E-state index in [0.29, 0.717) is 43.2 Å². The molecule has 198 valence electrons. The minimum atomic E-state index is -0.845. The summed E-state index contributed by atoms with van der Waals surface area (Å²) < 4.78 is 31.6. The highest BCUT2D eigenvalue weighted by atomic mass is 32.1. The molecule has 0 spiro atoms. The Labute approximate surface area is 226 Å². The highest BCUT2D eigenvalue weighted by Crippen LogP contribution is 2.31. The van der Waals surface area contributed by atoms with Crippen LogP contribution in [-0.2, 0) is 14.3 Å². The van der Waals surface area contributed by atoms with E-state index in [1.54, 1.807) is 56.3 Å². The number of carbonyl (C=O) groups excluding carboxylic acids is 2. The molecule has 2 aromatic heterocycles. The minimum Gasteiger partial charge on any atom is -0.465 e. The Balaban J connectivity index is 1.62. The van der Waals surface area contributed by atoms with Crippen LogP contribution >= 0.6 is 11.3 Å². The Kier molecular flexibility index (Phi) is 7.12. The summed E-state index contributed by atoms with van der Waals surface area (Å²) in [6, 6.07) is 15.1. The maximum atomic E-state index is 13.7. The monoisotopic (exact) mass is 546 g/mol. The highest BCUT2D eigenvalue weighted by Gasteiger charge is 2.33. The van der Waals surface area contributed by atoms with Crippen LogP contribution in [0.2, 0.25) is 0 Å². The molecule has 0 aliphatic carbocycles. The second kappa shape index (κ2) is 10.7. The molecule has 8 nitrogen and oxygen atoms in total. The summed E-state index contributed by atoms with van der Waals surface area (Å²) in [5.74, 6) is -0.714. The first-order valence-electron chi connectivity index (χ1n) is 12.0. The predicted octanol–water partition coefficient (Wildman–Crippen LogP) is 3.98. The van der Waals surface area contributed by atoms with Crippen LogP contribution in [0.3, 0.4) is 0 Å². The third kappa shape index (κ3) is 4.86. The molecule has 0 amide bonds. The lowest BCUT2D eigenvalue weighted by Crippen LogP contribution is -2.39. The fourth-order valence-corrected chi connectivity index (χ4v) is 5.47. The van der Waals surface area contributed by atoms with Crippen LogP contribution < -0.4 is 14.9 Å². The number of benzene rings is 2. The molecular weight excluding hydrogens is 523 g/mol. The Morgan fingerprint density at radius 1 is 1.10 bits per heavy atom. The van der Waals surface area contributed by atoms with Gasteiger partial charge in [-0.2, -0.15) is 0 Å². The molecule has 0 N–H and O–H groups in total. The van der Waals surface area contributed by atoms with Gasteiger partial charge in [-0.3, -0.25) is 9.36 Å². The van der Waals surface area contributed by atoms with E-state index in [4.69, 9.17) is 13.9 Å². The van der Waals surface area contributed by atoms with Crippen molar-refractivity contribution in [2.45, 2.75) is 19.9 Å². The Morgan fingerprint density at radius 2 is 1.85 bits per heavy atom. The quantitative estimate of drug-likeness (QED) is 0.339. The number of allylic oxidation sites excluding steroid dienone is 1. The van der Waals surface area contributed by atoms with Gasteiger partial charge in [0.15, 0.2) is 4.80 Å². The van der Waals surface area contributed by atoms with Crippen LogP contribution in [0.1, 0.15) is 41.6 Å². The molecule has 1 atom stereocenters. The summed E-state index contributed by atoms with van der Waals surface area (Å²) >= 11 is 1.14. The van der Waals surface area contributed by atoms with E-state index in [1.165, 1.54) is 35.9 Å². The van der Waals surface area contributed by atoms with Crippen molar-refractivity contribution >= 4 is 29.4 Å². The molecule has 5 rings (SSSR count). The summed E-state index contributed by atoms with van der Waals surface area (Å²) in [7, 11) is 1.31. The Hall–Kier alpha value is -4.57. The third-order valence-electron chi connectivity index (χ3n) is 6.20. The van der Waals surface area contributed by atoms with Crippen LogP contribution in [0, 0.1) is 5.82 Å². The standard InChI is InChI=1S/C29H23FN2O6S/c1-4-37-28(35)24-16(2)31-29-32(25(24)17-9-11-18(30)12-10-17)26(33)23(39-29)15-19-13-14-22(38-19)20-7-5-6-8-21(20)27(34)36-3/h5-15,25H,4H2,1-3H3/t25-/m1/s1. The number of carbonyl (C=O) groups is 2. The largest absolute Gasteiger partial charge is 0.465 e. The fraction of sp³-hybridized carbons (Fsp3) is 0.172. The number of halogens is 1. The lowest BCUT2D eigenvalue weighted by atomic mass is 9.96. The lowest BCUT2D eigenvalue weighted by Gasteiger charge is -2.24. The van der Waals surface area contributed by atoms with Crippen LogP contribution in [0.25, 0.3) is 17.4 Å². The number of methoxy groups -OCH3 is 1. The van der Waals surface area contributed by atoms with Crippen molar-refractivity contribution in [2.24, 2.45) is 4.99 Å². The Morgan fingerprint density at radius 3 is 2.56 bits per heavy atom. The van der Waals surface area contributed by atoms with Crippen LogP contribution in [0.15, 0.2) is 86.1 Å². The van der Waals surface area contributed by atoms with Gasteiger partial charge in [-0.05, 0) is 49.7 Å². The molecule has 1 aliphatic heterocycles. The van der Waals surface area contributed by atoms with Gasteiger partial charge in [0.25, 0.3) is 5.56 Å². The van der Waals surface area contributed by atoms with E-state index in [9.17, 15) is 18.8 Å². The van der Waals surface area contributed by atoms with Gasteiger partial charge in [0.2, 0.25) is 0 Å². The van der Waals surface area contributed by atoms with E-state index in [0.717, 1.165) is 11.3 Å². The first kappa shape index (κ1) is 26.1. The lowest BCUT2D eigenvalue weighted by molar-refractivity contribution is -0.139. The van der Waals surface area contributed by atoms with Gasteiger partial charge in [0.05, 0.1) is 41.1 Å². The number of nitrogens with zero attached hydrogens (tertiary/aromatic N) is 2. The number of ether oxygens (including phenoxy) is 2. The molecule has 0 radical (unpaired) electrons. The summed E-state index contributed by atoms with van der Waals surface area (Å²) in [6.45, 7) is 3.52. The van der Waals surface area contributed by atoms with Crippen molar-refractivity contribution in [3.05, 3.63) is 114 Å². The molecule has 0 unspecified atom stereocenters. The number of hydrogen-bond acceptors (Lipinski definition) is 8. The number of rotatable bonds is 6. The summed E-state index contributed by atoms with van der Waals surface area (Å²) in [6.07, 6.45) is 1.58. The van der Waals surface area contributed by atoms with Gasteiger partial charge in [0, 0.05) is 11.6 Å². The second-order valence-corrected chi connectivity index (χ2v) is 9.60. The summed E-state index contributed by atoms with van der Waals surface area (Å²) in [5.41, 5.74) is 1.67. The molecule has 3 heterocycles. The summed E-state index contributed by atoms with van der Waals surface area (Å²) in [5, 5.41) is 0. The topological polar surface area (TPSA) is 100 Å². The number of thiazole rings is 1. The van der Waals surface area contributed by atoms with Crippen molar-refractivity contribution in [3.8, 4) is 11.3 Å². The van der Waals surface area contributed by atoms with Crippen LogP contribution in [0.4, 0.5) is 4.39 Å². The highest BCUT2D eigenvalue weighted by molar-refractivity contribution is 7.07. The Bertz CT molecular complexity index is 1800. The zero-order valence-electron chi connectivity index (χ0n) is 21.3. The van der Waals surface area contributed by atoms with Crippen molar-refractivity contribution in [1.82, 2.24) is 4.57 Å². The van der Waals surface area contributed by atoms with Gasteiger partial charge >= 0.3 is 11.9 Å². The number of esters is 2. The maximum absolute atomic E-state index is 13.7. The zero-order valence-corrected chi connectivity index (χ0v) is 22.1. The minimum absolute atomic E-state index is 0.149. The normalized spacial score (nSPS) is 15.1. The number of furan rings is 1. The van der Waals surface area contributed by atoms with E-state index < -0.39 is 29.4 Å². The zero-order chi connectivity index (χ0) is 27.7. The van der Waals surface area contributed by atoms with Gasteiger partial charge < -0.3 is 13.9 Å². The SMILES string of the molecule is CCOC(=O)C1=C(C)N=c2sc(=Cc3ccc(-c4ccccc4C(=O)OC)o3)c(=O)n2[C@@H]1c1ccc(F)cc1. The number of fused-ring (bicyclic) bond motifs is 1. The smallest absolute Gasteiger partial charge is 0.338 e. The van der Waals surface area contributed by atoms with Gasteiger partial charge in [0.1, 0.15) is 17.3 Å². The fourth-order valence-electron chi connectivity index (χ4n) is 4.44. The molecule has 0 saturated heterocycles. The molecule has 39 heavy (non-hydrogen) atoms. The molecular formula is C29H23FN2O6S. The molecule has 0 fully saturated rings. The van der Waals surface area contributed by atoms with E-state index in [1.807, 2.05) is 0 Å². The van der Waals surface area contributed by atoms with Crippen molar-refractivity contribution in [2.75, 3.05) is 13.7 Å². The van der Waals surface area contributed by atoms with Gasteiger partial charge in [-0.25, -0.2) is 19.0 Å². The first-order chi connectivity index (χ1) is 18.8. The predicted molar refractivity (Wildman–Crippen MR) is 142 cm³/mol. The van der Waals surface area contributed by atoms with Crippen molar-refractivity contribution in [1.29, 1.82) is 0 Å². The molecule has 1 aliphatic rings. The maximum Gasteiger partial charge on any atom is 0.338 e. The van der Waals surface area contributed by atoms with E-state index >= 15 is 0 Å². The van der Waals surface area contributed by atoms with Gasteiger partial charge in [-0.15, -0.1) is 0 Å². The van der Waals surface area contributed by atoms with Crippen LogP contribution in [0.5, 0.6) is 0 Å². The molecule has 0 bridgehead atoms. The van der Waals surface area contributed by atoms with Crippen molar-refractivity contribution in [3.63, 3.8) is 0 Å². The number of hydrogen-bond donors (Lipinski definition) is 0. The molecule has 2 aromatic carbocycles. The van der Waals surface area contributed by atoms with Crippen molar-refractivity contribution < 1.29 is 27.9 Å². The number of aromatic nitrogens is 1. The van der Waals surface area contributed by atoms with Gasteiger partial charge in [-0.1, -0.05) is 41.7 Å². The average molecular weight is 547 g/mol. The molecule has 0 saturated carbocycles. The third-order valence-corrected chi connectivity index (χ3v) is 7.18. The molecule has 10 heteroatoms. The average Bonchev–Trinajstić information content (AvgIpc) is 3.52. The van der Waals surface area contributed by atoms with E-state index in [-0.39, 0.29) is 12.2 Å². The van der Waals surface area contributed by atoms with Crippen LogP contribution in [-0.4, -0.2) is 30.2 Å².